The molecule has 2 aromatic rings. The van der Waals surface area contributed by atoms with Gasteiger partial charge in [0.05, 0.1) is 0 Å². The molecule has 0 spiro atoms. The van der Waals surface area contributed by atoms with Gasteiger partial charge >= 0.3 is 6.03 Å². The summed E-state index contributed by atoms with van der Waals surface area (Å²) in [7, 11) is 0. The third-order valence-electron chi connectivity index (χ3n) is 3.85. The first-order valence-corrected chi connectivity index (χ1v) is 8.35. The van der Waals surface area contributed by atoms with E-state index in [4.69, 9.17) is 4.74 Å². The first-order chi connectivity index (χ1) is 12.2. The number of hydrogen-bond acceptors (Lipinski definition) is 3. The van der Waals surface area contributed by atoms with Crippen molar-refractivity contribution < 1.29 is 14.3 Å². The van der Waals surface area contributed by atoms with Gasteiger partial charge in [0.2, 0.25) is 0 Å². The molecule has 0 saturated carbocycles. The minimum atomic E-state index is -0.360. The van der Waals surface area contributed by atoms with Crippen molar-refractivity contribution in [1.29, 1.82) is 0 Å². The normalized spacial score (nSPS) is 15.6. The Kier molecular flexibility index (Phi) is 5.14. The van der Waals surface area contributed by atoms with Crippen LogP contribution in [0.2, 0.25) is 0 Å². The third-order valence-corrected chi connectivity index (χ3v) is 3.85. The van der Waals surface area contributed by atoms with Crippen molar-refractivity contribution in [2.24, 2.45) is 0 Å². The van der Waals surface area contributed by atoms with E-state index in [1.54, 1.807) is 6.08 Å². The first-order valence-electron chi connectivity index (χ1n) is 8.35. The molecule has 0 bridgehead atoms. The number of para-hydroxylation sites is 1. The van der Waals surface area contributed by atoms with Crippen LogP contribution in [-0.2, 0) is 4.79 Å². The van der Waals surface area contributed by atoms with Gasteiger partial charge in [-0.2, -0.15) is 0 Å². The van der Waals surface area contributed by atoms with Crippen LogP contribution in [0.3, 0.4) is 0 Å². The zero-order valence-corrected chi connectivity index (χ0v) is 14.1. The van der Waals surface area contributed by atoms with Gasteiger partial charge in [-0.05, 0) is 42.3 Å². The molecule has 0 atom stereocenters. The van der Waals surface area contributed by atoms with Gasteiger partial charge in [-0.25, -0.2) is 4.79 Å². The van der Waals surface area contributed by atoms with Crippen molar-refractivity contribution in [3.05, 3.63) is 65.9 Å². The Balaban J connectivity index is 1.76. The van der Waals surface area contributed by atoms with Gasteiger partial charge in [0.15, 0.2) is 0 Å². The Morgan fingerprint density at radius 3 is 2.56 bits per heavy atom. The smallest absolute Gasteiger partial charge is 0.329 e. The van der Waals surface area contributed by atoms with Crippen LogP contribution in [0.25, 0.3) is 6.08 Å². The van der Waals surface area contributed by atoms with Crippen LogP contribution in [0, 0.1) is 0 Å². The van der Waals surface area contributed by atoms with Crippen LogP contribution in [0.1, 0.15) is 25.3 Å². The lowest BCUT2D eigenvalue weighted by molar-refractivity contribution is -0.122. The number of urea groups is 1. The number of nitrogens with zero attached hydrogens (tertiary/aromatic N) is 1. The maximum Gasteiger partial charge on any atom is 0.329 e. The fourth-order valence-corrected chi connectivity index (χ4v) is 2.55. The minimum Gasteiger partial charge on any atom is -0.457 e. The van der Waals surface area contributed by atoms with Crippen molar-refractivity contribution in [3.8, 4) is 11.5 Å². The summed E-state index contributed by atoms with van der Waals surface area (Å²) < 4.78 is 5.79. The summed E-state index contributed by atoms with van der Waals surface area (Å²) in [6.45, 7) is 2.46. The molecule has 1 heterocycles. The summed E-state index contributed by atoms with van der Waals surface area (Å²) in [4.78, 5) is 25.5. The number of hydrogen-bond donors (Lipinski definition) is 1. The van der Waals surface area contributed by atoms with Gasteiger partial charge in [-0.3, -0.25) is 9.69 Å². The number of carbonyl (C=O) groups excluding carboxylic acids is 2. The zero-order valence-electron chi connectivity index (χ0n) is 14.1. The number of rotatable bonds is 6. The van der Waals surface area contributed by atoms with Crippen molar-refractivity contribution in [1.82, 2.24) is 10.2 Å². The summed E-state index contributed by atoms with van der Waals surface area (Å²) in [5, 5.41) is 2.64. The van der Waals surface area contributed by atoms with E-state index in [9.17, 15) is 9.59 Å². The van der Waals surface area contributed by atoms with E-state index in [0.29, 0.717) is 12.3 Å². The first kappa shape index (κ1) is 16.8. The molecular formula is C20H20N2O3. The van der Waals surface area contributed by atoms with E-state index in [2.05, 4.69) is 5.32 Å². The molecule has 1 saturated heterocycles. The van der Waals surface area contributed by atoms with Gasteiger partial charge in [0.25, 0.3) is 5.91 Å². The minimum absolute atomic E-state index is 0.284. The fraction of sp³-hybridized carbons (Fsp3) is 0.200. The summed E-state index contributed by atoms with van der Waals surface area (Å²) in [6, 6.07) is 16.5. The number of ether oxygens (including phenoxy) is 1. The second-order valence-electron chi connectivity index (χ2n) is 5.79. The second kappa shape index (κ2) is 7.66. The Labute approximate surface area is 146 Å². The number of unbranched alkanes of at least 4 members (excludes halogenated alkanes) is 1. The van der Waals surface area contributed by atoms with Crippen molar-refractivity contribution in [2.45, 2.75) is 19.8 Å². The van der Waals surface area contributed by atoms with E-state index < -0.39 is 0 Å². The molecule has 0 aromatic heterocycles. The topological polar surface area (TPSA) is 58.6 Å². The van der Waals surface area contributed by atoms with Crippen molar-refractivity contribution in [2.75, 3.05) is 6.54 Å². The van der Waals surface area contributed by atoms with Gasteiger partial charge < -0.3 is 10.1 Å². The van der Waals surface area contributed by atoms with Crippen LogP contribution in [-0.4, -0.2) is 23.4 Å². The van der Waals surface area contributed by atoms with Gasteiger partial charge in [-0.1, -0.05) is 43.7 Å². The molecule has 5 nitrogen and oxygen atoms in total. The van der Waals surface area contributed by atoms with Crippen LogP contribution < -0.4 is 10.1 Å². The van der Waals surface area contributed by atoms with Gasteiger partial charge in [0.1, 0.15) is 17.2 Å². The van der Waals surface area contributed by atoms with Crippen molar-refractivity contribution >= 4 is 18.0 Å². The lowest BCUT2D eigenvalue weighted by Crippen LogP contribution is -2.31. The van der Waals surface area contributed by atoms with Gasteiger partial charge in [0, 0.05) is 6.54 Å². The van der Waals surface area contributed by atoms with Crippen LogP contribution in [0.15, 0.2) is 60.3 Å². The summed E-state index contributed by atoms with van der Waals surface area (Å²) in [5.74, 6) is 1.12. The van der Waals surface area contributed by atoms with E-state index in [1.165, 1.54) is 4.90 Å². The Morgan fingerprint density at radius 2 is 1.80 bits per heavy atom. The lowest BCUT2D eigenvalue weighted by Gasteiger charge is -2.10. The zero-order chi connectivity index (χ0) is 17.6. The van der Waals surface area contributed by atoms with Gasteiger partial charge in [-0.15, -0.1) is 0 Å². The molecule has 0 aliphatic carbocycles. The molecule has 2 aromatic carbocycles. The van der Waals surface area contributed by atoms with E-state index in [0.717, 1.165) is 24.2 Å². The third kappa shape index (κ3) is 4.07. The monoisotopic (exact) mass is 336 g/mol. The Hall–Kier alpha value is -3.08. The quantitative estimate of drug-likeness (QED) is 0.636. The average Bonchev–Trinajstić information content (AvgIpc) is 2.88. The molecule has 1 fully saturated rings. The number of imide groups is 1. The highest BCUT2D eigenvalue weighted by Crippen LogP contribution is 2.23. The highest BCUT2D eigenvalue weighted by atomic mass is 16.5. The predicted molar refractivity (Wildman–Crippen MR) is 96.1 cm³/mol. The highest BCUT2D eigenvalue weighted by molar-refractivity contribution is 6.13. The molecule has 25 heavy (non-hydrogen) atoms. The Bertz CT molecular complexity index is 800. The average molecular weight is 336 g/mol. The molecule has 128 valence electrons. The second-order valence-corrected chi connectivity index (χ2v) is 5.79. The molecule has 0 unspecified atom stereocenters. The number of amides is 3. The molecule has 1 N–H and O–H groups in total. The highest BCUT2D eigenvalue weighted by Gasteiger charge is 2.32. The standard InChI is InChI=1S/C20H20N2O3/c1-2-3-12-22-19(23)18(21-20(22)24)14-15-8-7-11-17(13-15)25-16-9-5-4-6-10-16/h4-11,13-14H,2-3,12H2,1H3,(H,21,24). The predicted octanol–water partition coefficient (Wildman–Crippen LogP) is 4.17. The molecule has 0 radical (unpaired) electrons. The lowest BCUT2D eigenvalue weighted by atomic mass is 10.1. The maximum atomic E-state index is 12.3. The Morgan fingerprint density at radius 1 is 1.04 bits per heavy atom. The van der Waals surface area contributed by atoms with Crippen LogP contribution in [0.5, 0.6) is 11.5 Å². The maximum absolute atomic E-state index is 12.3. The fourth-order valence-electron chi connectivity index (χ4n) is 2.55. The number of nitrogens with one attached hydrogen (secondary N) is 1. The van der Waals surface area contributed by atoms with Crippen molar-refractivity contribution in [3.63, 3.8) is 0 Å². The molecule has 1 aliphatic rings. The summed E-state index contributed by atoms with van der Waals surface area (Å²) in [6.07, 6.45) is 3.39. The number of benzene rings is 2. The summed E-state index contributed by atoms with van der Waals surface area (Å²) >= 11 is 0. The van der Waals surface area contributed by atoms with E-state index in [-0.39, 0.29) is 17.6 Å². The molecule has 3 rings (SSSR count). The van der Waals surface area contributed by atoms with E-state index in [1.807, 2.05) is 61.5 Å². The van der Waals surface area contributed by atoms with E-state index >= 15 is 0 Å². The SMILES string of the molecule is CCCCN1C(=O)NC(=Cc2cccc(Oc3ccccc3)c2)C1=O. The molecule has 3 amide bonds. The van der Waals surface area contributed by atoms with Crippen LogP contribution in [0.4, 0.5) is 4.79 Å². The largest absolute Gasteiger partial charge is 0.457 e. The molecular weight excluding hydrogens is 316 g/mol. The molecule has 1 aliphatic heterocycles. The molecule has 5 heteroatoms. The van der Waals surface area contributed by atoms with Crippen LogP contribution >= 0.6 is 0 Å². The summed E-state index contributed by atoms with van der Waals surface area (Å²) in [5.41, 5.74) is 1.08. The number of carbonyl (C=O) groups is 2.